The Labute approximate surface area is 120 Å². The van der Waals surface area contributed by atoms with E-state index in [-0.39, 0.29) is 0 Å². The fraction of sp³-hybridized carbons (Fsp3) is 0.750. The van der Waals surface area contributed by atoms with Gasteiger partial charge in [0.05, 0.1) is 0 Å². The minimum absolute atomic E-state index is 0.862. The van der Waals surface area contributed by atoms with Gasteiger partial charge in [0.2, 0.25) is 0 Å². The molecule has 1 aliphatic heterocycles. The van der Waals surface area contributed by atoms with Crippen LogP contribution < -0.4 is 5.32 Å². The van der Waals surface area contributed by atoms with Crippen molar-refractivity contribution in [1.29, 1.82) is 0 Å². The summed E-state index contributed by atoms with van der Waals surface area (Å²) in [5.74, 6) is 2.05. The van der Waals surface area contributed by atoms with Gasteiger partial charge in [-0.3, -0.25) is 4.90 Å². The molecule has 0 unspecified atom stereocenters. The maximum atomic E-state index is 3.87. The van der Waals surface area contributed by atoms with Crippen molar-refractivity contribution in [2.75, 3.05) is 19.6 Å². The quantitative estimate of drug-likeness (QED) is 0.859. The van der Waals surface area contributed by atoms with Gasteiger partial charge in [0.15, 0.2) is 0 Å². The van der Waals surface area contributed by atoms with Gasteiger partial charge >= 0.3 is 0 Å². The molecule has 3 aliphatic rings. The third-order valence-electron chi connectivity index (χ3n) is 4.95. The van der Waals surface area contributed by atoms with Crippen LogP contribution >= 0.6 is 11.3 Å². The van der Waals surface area contributed by atoms with Crippen molar-refractivity contribution in [2.24, 2.45) is 11.8 Å². The lowest BCUT2D eigenvalue weighted by molar-refractivity contribution is 0.247. The molecule has 0 amide bonds. The van der Waals surface area contributed by atoms with Crippen LogP contribution in [-0.4, -0.2) is 30.6 Å². The molecule has 0 saturated heterocycles. The van der Waals surface area contributed by atoms with Crippen LogP contribution in [0.3, 0.4) is 0 Å². The van der Waals surface area contributed by atoms with Crippen molar-refractivity contribution >= 4 is 11.3 Å². The molecule has 1 aromatic heterocycles. The molecule has 1 aromatic rings. The van der Waals surface area contributed by atoms with E-state index in [1.165, 1.54) is 58.3 Å². The number of thiophene rings is 1. The van der Waals surface area contributed by atoms with Crippen LogP contribution in [0.15, 0.2) is 11.4 Å². The van der Waals surface area contributed by atoms with Crippen molar-refractivity contribution in [3.05, 3.63) is 21.9 Å². The van der Waals surface area contributed by atoms with Gasteiger partial charge in [-0.25, -0.2) is 0 Å². The van der Waals surface area contributed by atoms with Gasteiger partial charge in [-0.15, -0.1) is 11.3 Å². The molecule has 1 N–H and O–H groups in total. The lowest BCUT2D eigenvalue weighted by Gasteiger charge is -2.28. The first-order valence-corrected chi connectivity index (χ1v) is 8.79. The first-order valence-electron chi connectivity index (χ1n) is 7.91. The highest BCUT2D eigenvalue weighted by atomic mass is 32.1. The van der Waals surface area contributed by atoms with E-state index in [2.05, 4.69) is 21.7 Å². The van der Waals surface area contributed by atoms with E-state index < -0.39 is 0 Å². The Morgan fingerprint density at radius 2 is 2.05 bits per heavy atom. The van der Waals surface area contributed by atoms with Crippen molar-refractivity contribution in [1.82, 2.24) is 10.2 Å². The number of hydrogen-bond acceptors (Lipinski definition) is 3. The summed E-state index contributed by atoms with van der Waals surface area (Å²) < 4.78 is 0. The van der Waals surface area contributed by atoms with Gasteiger partial charge in [0.25, 0.3) is 0 Å². The summed E-state index contributed by atoms with van der Waals surface area (Å²) in [6.45, 7) is 4.85. The third-order valence-corrected chi connectivity index (χ3v) is 5.98. The molecule has 0 atom stereocenters. The van der Waals surface area contributed by atoms with Crippen LogP contribution in [0, 0.1) is 11.8 Å². The SMILES string of the molecule is c1cc2c(s1)CCN(CCNC(C1CC1)C1CC1)C2. The first kappa shape index (κ1) is 12.4. The van der Waals surface area contributed by atoms with E-state index in [0.717, 1.165) is 17.9 Å². The second-order valence-corrected chi connectivity index (χ2v) is 7.55. The van der Waals surface area contributed by atoms with E-state index >= 15 is 0 Å². The molecule has 2 aliphatic carbocycles. The van der Waals surface area contributed by atoms with E-state index in [4.69, 9.17) is 0 Å². The van der Waals surface area contributed by atoms with Crippen molar-refractivity contribution in [2.45, 2.75) is 44.7 Å². The van der Waals surface area contributed by atoms with E-state index in [9.17, 15) is 0 Å². The molecule has 2 nitrogen and oxygen atoms in total. The molecule has 3 heteroatoms. The number of rotatable bonds is 6. The Bertz CT molecular complexity index is 422. The predicted molar refractivity (Wildman–Crippen MR) is 80.5 cm³/mol. The summed E-state index contributed by atoms with van der Waals surface area (Å²) in [7, 11) is 0. The average Bonchev–Trinajstić information content (AvgIpc) is 3.33. The van der Waals surface area contributed by atoms with Gasteiger partial charge in [0, 0.05) is 37.1 Å². The molecule has 104 valence electrons. The highest BCUT2D eigenvalue weighted by Gasteiger charge is 2.40. The number of hydrogen-bond donors (Lipinski definition) is 1. The maximum Gasteiger partial charge on any atom is 0.0245 e. The fourth-order valence-corrected chi connectivity index (χ4v) is 4.41. The Morgan fingerprint density at radius 3 is 2.79 bits per heavy atom. The molecule has 2 saturated carbocycles. The normalized spacial score (nSPS) is 23.8. The van der Waals surface area contributed by atoms with Crippen LogP contribution in [0.5, 0.6) is 0 Å². The van der Waals surface area contributed by atoms with Gasteiger partial charge in [-0.05, 0) is 60.9 Å². The summed E-state index contributed by atoms with van der Waals surface area (Å²) in [6.07, 6.45) is 7.19. The molecule has 4 rings (SSSR count). The summed E-state index contributed by atoms with van der Waals surface area (Å²) in [4.78, 5) is 4.25. The molecule has 0 aromatic carbocycles. The van der Waals surface area contributed by atoms with Gasteiger partial charge in [0.1, 0.15) is 0 Å². The van der Waals surface area contributed by atoms with E-state index in [1.54, 1.807) is 10.4 Å². The van der Waals surface area contributed by atoms with Crippen LogP contribution in [0.4, 0.5) is 0 Å². The fourth-order valence-electron chi connectivity index (χ4n) is 3.52. The summed E-state index contributed by atoms with van der Waals surface area (Å²) >= 11 is 1.94. The molecular weight excluding hydrogens is 252 g/mol. The summed E-state index contributed by atoms with van der Waals surface area (Å²) in [5, 5.41) is 6.12. The van der Waals surface area contributed by atoms with Gasteiger partial charge in [-0.1, -0.05) is 0 Å². The molecular formula is C16H24N2S. The first-order chi connectivity index (χ1) is 9.40. The second kappa shape index (κ2) is 5.19. The molecule has 2 heterocycles. The average molecular weight is 276 g/mol. The summed E-state index contributed by atoms with van der Waals surface area (Å²) in [6, 6.07) is 3.18. The standard InChI is InChI=1S/C16H24N2S/c1-2-12(1)16(13-3-4-13)17-7-9-18-8-5-15-14(11-18)6-10-19-15/h6,10,12-13,16-17H,1-5,7-9,11H2. The monoisotopic (exact) mass is 276 g/mol. The van der Waals surface area contributed by atoms with Crippen LogP contribution in [-0.2, 0) is 13.0 Å². The smallest absolute Gasteiger partial charge is 0.0245 e. The zero-order valence-corrected chi connectivity index (χ0v) is 12.4. The lowest BCUT2D eigenvalue weighted by Crippen LogP contribution is -2.40. The Morgan fingerprint density at radius 1 is 1.26 bits per heavy atom. The zero-order chi connectivity index (χ0) is 12.7. The summed E-state index contributed by atoms with van der Waals surface area (Å²) in [5.41, 5.74) is 1.58. The van der Waals surface area contributed by atoms with Crippen molar-refractivity contribution in [3.63, 3.8) is 0 Å². The van der Waals surface area contributed by atoms with Gasteiger partial charge < -0.3 is 5.32 Å². The number of fused-ring (bicyclic) bond motifs is 1. The second-order valence-electron chi connectivity index (χ2n) is 6.55. The largest absolute Gasteiger partial charge is 0.312 e. The zero-order valence-electron chi connectivity index (χ0n) is 11.6. The highest BCUT2D eigenvalue weighted by Crippen LogP contribution is 2.44. The molecule has 0 bridgehead atoms. The topological polar surface area (TPSA) is 15.3 Å². The Balaban J connectivity index is 1.24. The van der Waals surface area contributed by atoms with Crippen molar-refractivity contribution in [3.8, 4) is 0 Å². The predicted octanol–water partition coefficient (Wildman–Crippen LogP) is 2.88. The Kier molecular flexibility index (Phi) is 3.38. The van der Waals surface area contributed by atoms with Crippen LogP contribution in [0.1, 0.15) is 36.1 Å². The minimum atomic E-state index is 0.862. The van der Waals surface area contributed by atoms with E-state index in [0.29, 0.717) is 0 Å². The third kappa shape index (κ3) is 2.88. The van der Waals surface area contributed by atoms with Crippen LogP contribution in [0.25, 0.3) is 0 Å². The molecule has 19 heavy (non-hydrogen) atoms. The molecule has 2 fully saturated rings. The van der Waals surface area contributed by atoms with Gasteiger partial charge in [-0.2, -0.15) is 0 Å². The van der Waals surface area contributed by atoms with E-state index in [1.807, 2.05) is 11.3 Å². The van der Waals surface area contributed by atoms with Crippen LogP contribution in [0.2, 0.25) is 0 Å². The lowest BCUT2D eigenvalue weighted by atomic mass is 10.1. The maximum absolute atomic E-state index is 3.87. The molecule has 0 spiro atoms. The van der Waals surface area contributed by atoms with Crippen molar-refractivity contribution < 1.29 is 0 Å². The minimum Gasteiger partial charge on any atom is -0.312 e. The molecule has 0 radical (unpaired) electrons. The Hall–Kier alpha value is -0.380. The number of nitrogens with zero attached hydrogens (tertiary/aromatic N) is 1. The highest BCUT2D eigenvalue weighted by molar-refractivity contribution is 7.10. The number of nitrogens with one attached hydrogen (secondary N) is 1.